The molecule has 0 saturated carbocycles. The van der Waals surface area contributed by atoms with Crippen LogP contribution >= 0.6 is 0 Å². The number of fused-ring (bicyclic) bond motifs is 7. The Kier molecular flexibility index (Phi) is 4.37. The lowest BCUT2D eigenvalue weighted by atomic mass is 9.96. The largest absolute Gasteiger partial charge is 0.482 e. The summed E-state index contributed by atoms with van der Waals surface area (Å²) >= 11 is 0. The summed E-state index contributed by atoms with van der Waals surface area (Å²) in [4.78, 5) is 8.83. The van der Waals surface area contributed by atoms with Gasteiger partial charge in [0, 0.05) is 29.1 Å². The van der Waals surface area contributed by atoms with E-state index in [1.54, 1.807) is 29.2 Å². The van der Waals surface area contributed by atoms with Crippen molar-refractivity contribution in [3.8, 4) is 34.3 Å². The topological polar surface area (TPSA) is 103 Å². The number of rotatable bonds is 0. The Morgan fingerprint density at radius 3 is 2.94 bits per heavy atom. The number of nitrogens with two attached hydrogens (primary N) is 1. The molecule has 7 nitrogen and oxygen atoms in total. The van der Waals surface area contributed by atoms with Crippen molar-refractivity contribution < 1.29 is 9.13 Å². The summed E-state index contributed by atoms with van der Waals surface area (Å²) in [5.74, 6) is 0.180. The molecule has 4 aromatic rings. The van der Waals surface area contributed by atoms with Gasteiger partial charge in [-0.1, -0.05) is 6.07 Å². The van der Waals surface area contributed by atoms with Crippen molar-refractivity contribution >= 4 is 5.82 Å². The van der Waals surface area contributed by atoms with Gasteiger partial charge in [-0.3, -0.25) is 9.67 Å². The Hall–Kier alpha value is -4.25. The van der Waals surface area contributed by atoms with E-state index < -0.39 is 6.10 Å². The SMILES string of the molecule is C[C@H]1Oc2cc(cnc2N)-c2c(C#N)cnn2Cc2cccnc2-c2ccc(F)cc21. The molecular weight excluding hydrogens is 395 g/mol. The molecule has 0 aliphatic carbocycles. The molecule has 5 rings (SSSR count). The number of ether oxygens (including phenoxy) is 1. The maximum absolute atomic E-state index is 14.2. The number of nitriles is 1. The van der Waals surface area contributed by atoms with Crippen LogP contribution in [0, 0.1) is 17.1 Å². The van der Waals surface area contributed by atoms with E-state index in [9.17, 15) is 9.65 Å². The fraction of sp³-hybridized carbons (Fsp3) is 0.130. The zero-order valence-corrected chi connectivity index (χ0v) is 16.6. The molecule has 0 fully saturated rings. The van der Waals surface area contributed by atoms with Crippen molar-refractivity contribution in [2.24, 2.45) is 0 Å². The first-order valence-corrected chi connectivity index (χ1v) is 9.67. The van der Waals surface area contributed by atoms with Crippen molar-refractivity contribution in [3.63, 3.8) is 0 Å². The minimum absolute atomic E-state index is 0.203. The molecular formula is C23H17FN6O. The van der Waals surface area contributed by atoms with Crippen molar-refractivity contribution in [1.82, 2.24) is 19.7 Å². The Balaban J connectivity index is 1.83. The first kappa shape index (κ1) is 18.8. The predicted octanol–water partition coefficient (Wildman–Crippen LogP) is 4.10. The van der Waals surface area contributed by atoms with Gasteiger partial charge in [-0.25, -0.2) is 9.37 Å². The van der Waals surface area contributed by atoms with Gasteiger partial charge in [0.15, 0.2) is 11.6 Å². The van der Waals surface area contributed by atoms with Crippen LogP contribution in [0.3, 0.4) is 0 Å². The molecule has 0 amide bonds. The summed E-state index contributed by atoms with van der Waals surface area (Å²) in [5.41, 5.74) is 10.7. The molecule has 31 heavy (non-hydrogen) atoms. The lowest BCUT2D eigenvalue weighted by Gasteiger charge is -2.22. The second-order valence-corrected chi connectivity index (χ2v) is 7.29. The molecule has 8 heteroatoms. The molecule has 1 aliphatic heterocycles. The van der Waals surface area contributed by atoms with E-state index >= 15 is 0 Å². The van der Waals surface area contributed by atoms with Crippen LogP contribution in [0.2, 0.25) is 0 Å². The minimum atomic E-state index is -0.528. The normalized spacial score (nSPS) is 14.7. The van der Waals surface area contributed by atoms with Gasteiger partial charge in [-0.05, 0) is 42.8 Å². The summed E-state index contributed by atoms with van der Waals surface area (Å²) in [7, 11) is 0. The van der Waals surface area contributed by atoms with Gasteiger partial charge in [0.05, 0.1) is 29.7 Å². The number of benzene rings is 1. The van der Waals surface area contributed by atoms with Crippen molar-refractivity contribution in [3.05, 3.63) is 77.5 Å². The maximum Gasteiger partial charge on any atom is 0.166 e. The molecule has 0 saturated heterocycles. The maximum atomic E-state index is 14.2. The Bertz CT molecular complexity index is 1360. The zero-order valence-electron chi connectivity index (χ0n) is 16.6. The number of halogens is 1. The van der Waals surface area contributed by atoms with Gasteiger partial charge in [0.2, 0.25) is 0 Å². The Labute approximate surface area is 177 Å². The van der Waals surface area contributed by atoms with Gasteiger partial charge < -0.3 is 10.5 Å². The van der Waals surface area contributed by atoms with E-state index in [0.29, 0.717) is 40.4 Å². The number of hydrogen-bond donors (Lipinski definition) is 1. The number of nitrogens with zero attached hydrogens (tertiary/aromatic N) is 5. The molecule has 152 valence electrons. The van der Waals surface area contributed by atoms with E-state index in [4.69, 9.17) is 10.5 Å². The van der Waals surface area contributed by atoms with Crippen molar-refractivity contribution in [1.29, 1.82) is 5.26 Å². The molecule has 0 spiro atoms. The molecule has 3 aromatic heterocycles. The predicted molar refractivity (Wildman–Crippen MR) is 112 cm³/mol. The number of aromatic nitrogens is 4. The first-order chi connectivity index (χ1) is 15.0. The van der Waals surface area contributed by atoms with Crippen LogP contribution in [0.1, 0.15) is 29.7 Å². The highest BCUT2D eigenvalue weighted by atomic mass is 19.1. The highest BCUT2D eigenvalue weighted by Gasteiger charge is 2.23. The van der Waals surface area contributed by atoms with Gasteiger partial charge in [0.1, 0.15) is 18.0 Å². The monoisotopic (exact) mass is 412 g/mol. The fourth-order valence-corrected chi connectivity index (χ4v) is 3.88. The van der Waals surface area contributed by atoms with Gasteiger partial charge in [0.25, 0.3) is 0 Å². The Morgan fingerprint density at radius 1 is 1.23 bits per heavy atom. The van der Waals surface area contributed by atoms with Gasteiger partial charge >= 0.3 is 0 Å². The van der Waals surface area contributed by atoms with E-state index in [-0.39, 0.29) is 11.6 Å². The second-order valence-electron chi connectivity index (χ2n) is 7.29. The number of pyridine rings is 2. The molecule has 1 aromatic carbocycles. The van der Waals surface area contributed by atoms with E-state index in [0.717, 1.165) is 11.1 Å². The number of hydrogen-bond acceptors (Lipinski definition) is 6. The van der Waals surface area contributed by atoms with Crippen LogP contribution in [0.4, 0.5) is 10.2 Å². The van der Waals surface area contributed by atoms with E-state index in [1.165, 1.54) is 18.3 Å². The molecule has 1 atom stereocenters. The third-order valence-corrected chi connectivity index (χ3v) is 5.34. The summed E-state index contributed by atoms with van der Waals surface area (Å²) in [6.07, 6.45) is 4.27. The highest BCUT2D eigenvalue weighted by molar-refractivity contribution is 5.71. The lowest BCUT2D eigenvalue weighted by Crippen LogP contribution is -2.12. The molecule has 0 unspecified atom stereocenters. The second kappa shape index (κ2) is 7.22. The summed E-state index contributed by atoms with van der Waals surface area (Å²) in [5, 5.41) is 14.0. The fourth-order valence-electron chi connectivity index (χ4n) is 3.88. The van der Waals surface area contributed by atoms with Crippen LogP contribution in [0.5, 0.6) is 5.75 Å². The van der Waals surface area contributed by atoms with Gasteiger partial charge in [-0.2, -0.15) is 10.4 Å². The lowest BCUT2D eigenvalue weighted by molar-refractivity contribution is 0.227. The number of anilines is 1. The summed E-state index contributed by atoms with van der Waals surface area (Å²) in [6.45, 7) is 2.19. The summed E-state index contributed by atoms with van der Waals surface area (Å²) in [6, 6.07) is 12.2. The molecule has 1 aliphatic rings. The van der Waals surface area contributed by atoms with Crippen LogP contribution in [0.25, 0.3) is 22.5 Å². The standard InChI is InChI=1S/C23H17FN6O/c1-13-19-8-17(24)4-5-18(19)21-14(3-2-6-27-21)12-30-22(16(9-25)11-29-30)15-7-20(31-13)23(26)28-10-15/h2-8,10-11,13H,12H2,1H3,(H2,26,28)/t13-/m1/s1. The van der Waals surface area contributed by atoms with Gasteiger partial charge in [-0.15, -0.1) is 0 Å². The van der Waals surface area contributed by atoms with E-state index in [1.807, 2.05) is 19.1 Å². The molecule has 2 bridgehead atoms. The third-order valence-electron chi connectivity index (χ3n) is 5.34. The summed E-state index contributed by atoms with van der Waals surface area (Å²) < 4.78 is 22.0. The van der Waals surface area contributed by atoms with Crippen LogP contribution in [-0.4, -0.2) is 19.7 Å². The number of nitrogen functional groups attached to an aromatic ring is 1. The minimum Gasteiger partial charge on any atom is -0.482 e. The molecule has 4 heterocycles. The van der Waals surface area contributed by atoms with E-state index in [2.05, 4.69) is 21.1 Å². The zero-order chi connectivity index (χ0) is 21.5. The Morgan fingerprint density at radius 2 is 2.10 bits per heavy atom. The van der Waals surface area contributed by atoms with Crippen LogP contribution in [0.15, 0.2) is 55.0 Å². The van der Waals surface area contributed by atoms with Crippen molar-refractivity contribution in [2.75, 3.05) is 5.73 Å². The molecule has 2 N–H and O–H groups in total. The average Bonchev–Trinajstić information content (AvgIpc) is 3.17. The quantitative estimate of drug-likeness (QED) is 0.466. The molecule has 0 radical (unpaired) electrons. The first-order valence-electron chi connectivity index (χ1n) is 9.67. The van der Waals surface area contributed by atoms with Crippen molar-refractivity contribution in [2.45, 2.75) is 19.6 Å². The van der Waals surface area contributed by atoms with Crippen LogP contribution < -0.4 is 10.5 Å². The van der Waals surface area contributed by atoms with Crippen LogP contribution in [-0.2, 0) is 6.54 Å². The average molecular weight is 412 g/mol. The highest BCUT2D eigenvalue weighted by Crippen LogP contribution is 2.37. The smallest absolute Gasteiger partial charge is 0.166 e. The third kappa shape index (κ3) is 3.16.